The van der Waals surface area contributed by atoms with Crippen LogP contribution in [0.15, 0.2) is 24.3 Å². The number of hydrogen-bond acceptors (Lipinski definition) is 3. The molecule has 0 saturated heterocycles. The number of rotatable bonds is 7. The highest BCUT2D eigenvalue weighted by Gasteiger charge is 2.04. The predicted octanol–water partition coefficient (Wildman–Crippen LogP) is 1.05. The van der Waals surface area contributed by atoms with Crippen molar-refractivity contribution >= 4 is 23.6 Å². The molecule has 0 spiro atoms. The Hall–Kier alpha value is -1.56. The second kappa shape index (κ2) is 7.71. The summed E-state index contributed by atoms with van der Waals surface area (Å²) in [4.78, 5) is 21.9. The maximum absolute atomic E-state index is 13.2. The van der Waals surface area contributed by atoms with Crippen molar-refractivity contribution < 1.29 is 14.0 Å². The molecule has 0 aliphatic heterocycles. The van der Waals surface area contributed by atoms with Crippen LogP contribution in [-0.2, 0) is 16.1 Å². The Morgan fingerprint density at radius 2 is 2.06 bits per heavy atom. The third kappa shape index (κ3) is 5.67. The number of nitrogens with one attached hydrogen (secondary N) is 1. The summed E-state index contributed by atoms with van der Waals surface area (Å²) in [6.45, 7) is 0.173. The summed E-state index contributed by atoms with van der Waals surface area (Å²) < 4.78 is 13.2. The third-order valence-electron chi connectivity index (χ3n) is 2.15. The van der Waals surface area contributed by atoms with Gasteiger partial charge in [0.05, 0.1) is 5.75 Å². The molecule has 98 valence electrons. The predicted molar refractivity (Wildman–Crippen MR) is 69.4 cm³/mol. The monoisotopic (exact) mass is 270 g/mol. The molecular formula is C12H15FN2O2S. The molecule has 0 atom stereocenters. The van der Waals surface area contributed by atoms with Gasteiger partial charge in [0.25, 0.3) is 0 Å². The number of carbonyl (C=O) groups excluding carboxylic acids is 2. The molecule has 1 rings (SSSR count). The Kier molecular flexibility index (Phi) is 6.21. The molecular weight excluding hydrogens is 255 g/mol. The maximum atomic E-state index is 13.2. The van der Waals surface area contributed by atoms with E-state index in [1.165, 1.54) is 17.8 Å². The summed E-state index contributed by atoms with van der Waals surface area (Å²) in [6, 6.07) is 6.29. The Labute approximate surface area is 109 Å². The van der Waals surface area contributed by atoms with Gasteiger partial charge in [-0.1, -0.05) is 18.2 Å². The second-order valence-corrected chi connectivity index (χ2v) is 4.74. The molecule has 0 saturated carbocycles. The molecule has 0 heterocycles. The fraction of sp³-hybridized carbons (Fsp3) is 0.333. The molecule has 0 aromatic heterocycles. The first-order valence-corrected chi connectivity index (χ1v) is 6.61. The van der Waals surface area contributed by atoms with Crippen LogP contribution in [0.5, 0.6) is 0 Å². The highest BCUT2D eigenvalue weighted by molar-refractivity contribution is 7.99. The lowest BCUT2D eigenvalue weighted by molar-refractivity contribution is -0.121. The fourth-order valence-electron chi connectivity index (χ4n) is 1.26. The Balaban J connectivity index is 2.21. The third-order valence-corrected chi connectivity index (χ3v) is 3.13. The minimum absolute atomic E-state index is 0.171. The first-order chi connectivity index (χ1) is 8.59. The average molecular weight is 270 g/mol. The number of halogens is 1. The van der Waals surface area contributed by atoms with Crippen LogP contribution >= 0.6 is 11.8 Å². The van der Waals surface area contributed by atoms with E-state index < -0.39 is 5.91 Å². The SMILES string of the molecule is NC(=O)CSCCC(=O)NCc1ccccc1F. The zero-order chi connectivity index (χ0) is 13.4. The minimum Gasteiger partial charge on any atom is -0.369 e. The van der Waals surface area contributed by atoms with E-state index >= 15 is 0 Å². The van der Waals surface area contributed by atoms with Gasteiger partial charge in [0.15, 0.2) is 0 Å². The Morgan fingerprint density at radius 3 is 2.72 bits per heavy atom. The highest BCUT2D eigenvalue weighted by Crippen LogP contribution is 2.06. The highest BCUT2D eigenvalue weighted by atomic mass is 32.2. The van der Waals surface area contributed by atoms with Gasteiger partial charge in [-0.3, -0.25) is 9.59 Å². The van der Waals surface area contributed by atoms with Gasteiger partial charge in [-0.25, -0.2) is 4.39 Å². The van der Waals surface area contributed by atoms with Gasteiger partial charge in [-0.2, -0.15) is 11.8 Å². The summed E-state index contributed by atoms with van der Waals surface area (Å²) >= 11 is 1.31. The zero-order valence-corrected chi connectivity index (χ0v) is 10.6. The summed E-state index contributed by atoms with van der Waals surface area (Å²) in [5.74, 6) is -0.171. The molecule has 2 amide bonds. The number of benzene rings is 1. The van der Waals surface area contributed by atoms with E-state index in [0.29, 0.717) is 11.3 Å². The lowest BCUT2D eigenvalue weighted by Crippen LogP contribution is -2.23. The van der Waals surface area contributed by atoms with E-state index in [1.54, 1.807) is 18.2 Å². The molecule has 0 aliphatic carbocycles. The van der Waals surface area contributed by atoms with Gasteiger partial charge in [0.2, 0.25) is 11.8 Å². The molecule has 0 bridgehead atoms. The van der Waals surface area contributed by atoms with Gasteiger partial charge in [-0.05, 0) is 6.07 Å². The van der Waals surface area contributed by atoms with Crippen molar-refractivity contribution in [3.63, 3.8) is 0 Å². The van der Waals surface area contributed by atoms with Crippen LogP contribution in [0.2, 0.25) is 0 Å². The van der Waals surface area contributed by atoms with E-state index in [0.717, 1.165) is 0 Å². The Bertz CT molecular complexity index is 426. The first-order valence-electron chi connectivity index (χ1n) is 5.45. The normalized spacial score (nSPS) is 10.1. The zero-order valence-electron chi connectivity index (χ0n) is 9.82. The van der Waals surface area contributed by atoms with Gasteiger partial charge in [0, 0.05) is 24.3 Å². The maximum Gasteiger partial charge on any atom is 0.227 e. The summed E-state index contributed by atoms with van der Waals surface area (Å²) in [5, 5.41) is 2.62. The van der Waals surface area contributed by atoms with Crippen LogP contribution < -0.4 is 11.1 Å². The molecule has 0 radical (unpaired) electrons. The molecule has 6 heteroatoms. The molecule has 0 fully saturated rings. The summed E-state index contributed by atoms with van der Waals surface area (Å²) in [7, 11) is 0. The lowest BCUT2D eigenvalue weighted by atomic mass is 10.2. The number of primary amides is 1. The minimum atomic E-state index is -0.397. The second-order valence-electron chi connectivity index (χ2n) is 3.64. The smallest absolute Gasteiger partial charge is 0.227 e. The van der Waals surface area contributed by atoms with Crippen molar-refractivity contribution in [1.82, 2.24) is 5.32 Å². The van der Waals surface area contributed by atoms with Crippen LogP contribution in [-0.4, -0.2) is 23.3 Å². The number of carbonyl (C=O) groups is 2. The molecule has 0 aliphatic rings. The van der Waals surface area contributed by atoms with E-state index in [9.17, 15) is 14.0 Å². The quantitative estimate of drug-likeness (QED) is 0.727. The van der Waals surface area contributed by atoms with Gasteiger partial charge in [-0.15, -0.1) is 0 Å². The van der Waals surface area contributed by atoms with Crippen LogP contribution in [0.3, 0.4) is 0 Å². The summed E-state index contributed by atoms with van der Waals surface area (Å²) in [6.07, 6.45) is 0.284. The van der Waals surface area contributed by atoms with E-state index in [4.69, 9.17) is 5.73 Å². The van der Waals surface area contributed by atoms with Crippen molar-refractivity contribution in [2.24, 2.45) is 5.73 Å². The standard InChI is InChI=1S/C12H15FN2O2S/c13-10-4-2-1-3-9(10)7-15-12(17)5-6-18-8-11(14)16/h1-4H,5-8H2,(H2,14,16)(H,15,17). The average Bonchev–Trinajstić information content (AvgIpc) is 2.33. The van der Waals surface area contributed by atoms with E-state index in [1.807, 2.05) is 0 Å². The largest absolute Gasteiger partial charge is 0.369 e. The number of thioether (sulfide) groups is 1. The fourth-order valence-corrected chi connectivity index (χ4v) is 1.94. The van der Waals surface area contributed by atoms with Crippen LogP contribution in [0.1, 0.15) is 12.0 Å². The van der Waals surface area contributed by atoms with Crippen LogP contribution in [0.4, 0.5) is 4.39 Å². The molecule has 4 nitrogen and oxygen atoms in total. The molecule has 1 aromatic carbocycles. The van der Waals surface area contributed by atoms with Crippen molar-refractivity contribution in [2.45, 2.75) is 13.0 Å². The Morgan fingerprint density at radius 1 is 1.33 bits per heavy atom. The van der Waals surface area contributed by atoms with E-state index in [2.05, 4.69) is 5.32 Å². The number of nitrogens with two attached hydrogens (primary N) is 1. The molecule has 18 heavy (non-hydrogen) atoms. The lowest BCUT2D eigenvalue weighted by Gasteiger charge is -2.05. The number of amides is 2. The van der Waals surface area contributed by atoms with Crippen molar-refractivity contribution in [1.29, 1.82) is 0 Å². The van der Waals surface area contributed by atoms with Gasteiger partial charge in [0.1, 0.15) is 5.82 Å². The molecule has 1 aromatic rings. The van der Waals surface area contributed by atoms with Crippen molar-refractivity contribution in [3.8, 4) is 0 Å². The van der Waals surface area contributed by atoms with Gasteiger partial charge < -0.3 is 11.1 Å². The van der Waals surface area contributed by atoms with E-state index in [-0.39, 0.29) is 30.4 Å². The summed E-state index contributed by atoms with van der Waals surface area (Å²) in [5.41, 5.74) is 5.41. The topological polar surface area (TPSA) is 72.2 Å². The molecule has 3 N–H and O–H groups in total. The van der Waals surface area contributed by atoms with Crippen LogP contribution in [0.25, 0.3) is 0 Å². The number of hydrogen-bond donors (Lipinski definition) is 2. The molecule has 0 unspecified atom stereocenters. The van der Waals surface area contributed by atoms with Crippen LogP contribution in [0, 0.1) is 5.82 Å². The van der Waals surface area contributed by atoms with Crippen molar-refractivity contribution in [2.75, 3.05) is 11.5 Å². The van der Waals surface area contributed by atoms with Crippen molar-refractivity contribution in [3.05, 3.63) is 35.6 Å². The van der Waals surface area contributed by atoms with Gasteiger partial charge >= 0.3 is 0 Å². The first kappa shape index (κ1) is 14.5.